The Labute approximate surface area is 178 Å². The van der Waals surface area contributed by atoms with Gasteiger partial charge in [0, 0.05) is 11.1 Å². The molecule has 0 saturated carbocycles. The second-order valence-electron chi connectivity index (χ2n) is 6.97. The van der Waals surface area contributed by atoms with Gasteiger partial charge >= 0.3 is 6.03 Å². The predicted octanol–water partition coefficient (Wildman–Crippen LogP) is 4.09. The van der Waals surface area contributed by atoms with Gasteiger partial charge in [0.2, 0.25) is 5.91 Å². The van der Waals surface area contributed by atoms with Crippen LogP contribution in [0.3, 0.4) is 0 Å². The molecule has 5 N–H and O–H groups in total. The zero-order chi connectivity index (χ0) is 21.6. The van der Waals surface area contributed by atoms with Gasteiger partial charge in [-0.05, 0) is 48.0 Å². The highest BCUT2D eigenvalue weighted by Gasteiger charge is 2.18. The second kappa shape index (κ2) is 9.00. The highest BCUT2D eigenvalue weighted by molar-refractivity contribution is 5.94. The summed E-state index contributed by atoms with van der Waals surface area (Å²) in [6, 6.07) is 20.6. The Hall–Kier alpha value is -4.33. The van der Waals surface area contributed by atoms with Crippen LogP contribution in [0.1, 0.15) is 18.0 Å². The average molecular weight is 415 g/mol. The molecule has 4 aromatic rings. The minimum atomic E-state index is -0.717. The van der Waals surface area contributed by atoms with E-state index in [1.54, 1.807) is 36.5 Å². The van der Waals surface area contributed by atoms with E-state index in [2.05, 4.69) is 20.8 Å². The molecule has 8 nitrogen and oxygen atoms in total. The van der Waals surface area contributed by atoms with Crippen molar-refractivity contribution in [3.63, 3.8) is 0 Å². The number of ether oxygens (including phenoxy) is 1. The van der Waals surface area contributed by atoms with E-state index in [-0.39, 0.29) is 12.3 Å². The van der Waals surface area contributed by atoms with Crippen molar-refractivity contribution in [1.29, 1.82) is 0 Å². The molecule has 0 fully saturated rings. The molecule has 8 heteroatoms. The molecule has 1 aromatic heterocycles. The summed E-state index contributed by atoms with van der Waals surface area (Å²) < 4.78 is 5.85. The number of nitrogens with two attached hydrogens (primary N) is 1. The first-order valence-corrected chi connectivity index (χ1v) is 9.68. The van der Waals surface area contributed by atoms with Gasteiger partial charge in [0.05, 0.1) is 24.2 Å². The molecule has 0 aliphatic carbocycles. The zero-order valence-corrected chi connectivity index (χ0v) is 16.5. The van der Waals surface area contributed by atoms with Crippen LogP contribution in [-0.4, -0.2) is 22.1 Å². The number of hydrogen-bond donors (Lipinski definition) is 4. The molecule has 0 radical (unpaired) electrons. The predicted molar refractivity (Wildman–Crippen MR) is 118 cm³/mol. The molecule has 3 amide bonds. The highest BCUT2D eigenvalue weighted by Crippen LogP contribution is 2.26. The lowest BCUT2D eigenvalue weighted by molar-refractivity contribution is -0.116. The van der Waals surface area contributed by atoms with Gasteiger partial charge in [0.25, 0.3) is 0 Å². The summed E-state index contributed by atoms with van der Waals surface area (Å²) in [7, 11) is 0. The number of rotatable bonds is 7. The molecular weight excluding hydrogens is 394 g/mol. The number of hydrogen-bond acceptors (Lipinski definition) is 4. The van der Waals surface area contributed by atoms with Gasteiger partial charge in [0.1, 0.15) is 11.5 Å². The number of carbonyl (C=O) groups is 2. The first kappa shape index (κ1) is 20.0. The number of amides is 3. The molecule has 156 valence electrons. The van der Waals surface area contributed by atoms with Crippen LogP contribution in [0.5, 0.6) is 11.5 Å². The lowest BCUT2D eigenvalue weighted by Crippen LogP contribution is -2.35. The summed E-state index contributed by atoms with van der Waals surface area (Å²) in [6.07, 6.45) is 1.71. The fourth-order valence-corrected chi connectivity index (χ4v) is 3.26. The van der Waals surface area contributed by atoms with Crippen molar-refractivity contribution in [2.45, 2.75) is 12.5 Å². The number of aromatic nitrogens is 2. The monoisotopic (exact) mass is 415 g/mol. The van der Waals surface area contributed by atoms with Gasteiger partial charge in [-0.3, -0.25) is 9.89 Å². The molecule has 0 bridgehead atoms. The Morgan fingerprint density at radius 1 is 1.00 bits per heavy atom. The van der Waals surface area contributed by atoms with Crippen molar-refractivity contribution in [3.8, 4) is 11.5 Å². The van der Waals surface area contributed by atoms with Crippen LogP contribution in [0, 0.1) is 0 Å². The molecular formula is C23H21N5O3. The summed E-state index contributed by atoms with van der Waals surface area (Å²) in [5.41, 5.74) is 7.49. The van der Waals surface area contributed by atoms with E-state index in [0.29, 0.717) is 22.7 Å². The third kappa shape index (κ3) is 5.18. The Morgan fingerprint density at radius 3 is 2.61 bits per heavy atom. The van der Waals surface area contributed by atoms with Gasteiger partial charge in [-0.1, -0.05) is 30.3 Å². The number of primary amides is 1. The molecule has 1 atom stereocenters. The standard InChI is InChI=1S/C23H21N5O3/c24-23(30)27-20(13-22(29)26-17-10-9-16-14-25-28-21(16)12-17)15-5-4-8-19(11-15)31-18-6-2-1-3-7-18/h1-12,14,20H,13H2,(H,25,28)(H,26,29)(H3,24,27,30)/t20-/m1/s1. The van der Waals surface area contributed by atoms with Gasteiger partial charge < -0.3 is 21.1 Å². The maximum absolute atomic E-state index is 12.7. The molecule has 31 heavy (non-hydrogen) atoms. The summed E-state index contributed by atoms with van der Waals surface area (Å²) >= 11 is 0. The quantitative estimate of drug-likeness (QED) is 0.363. The zero-order valence-electron chi connectivity index (χ0n) is 16.5. The van der Waals surface area contributed by atoms with Crippen LogP contribution in [0.2, 0.25) is 0 Å². The minimum Gasteiger partial charge on any atom is -0.457 e. The van der Waals surface area contributed by atoms with Crippen LogP contribution >= 0.6 is 0 Å². The number of anilines is 1. The van der Waals surface area contributed by atoms with E-state index in [1.807, 2.05) is 42.5 Å². The molecule has 1 heterocycles. The van der Waals surface area contributed by atoms with E-state index in [9.17, 15) is 9.59 Å². The highest BCUT2D eigenvalue weighted by atomic mass is 16.5. The number of para-hydroxylation sites is 1. The smallest absolute Gasteiger partial charge is 0.312 e. The van der Waals surface area contributed by atoms with E-state index in [1.165, 1.54) is 0 Å². The van der Waals surface area contributed by atoms with Gasteiger partial charge in [-0.25, -0.2) is 4.79 Å². The summed E-state index contributed by atoms with van der Waals surface area (Å²) in [4.78, 5) is 24.2. The number of carbonyl (C=O) groups excluding carboxylic acids is 2. The minimum absolute atomic E-state index is 0.00125. The van der Waals surface area contributed by atoms with Crippen molar-refractivity contribution in [2.24, 2.45) is 5.73 Å². The van der Waals surface area contributed by atoms with Crippen molar-refractivity contribution < 1.29 is 14.3 Å². The average Bonchev–Trinajstić information content (AvgIpc) is 3.22. The number of benzene rings is 3. The van der Waals surface area contributed by atoms with Crippen molar-refractivity contribution >= 4 is 28.5 Å². The Balaban J connectivity index is 1.49. The van der Waals surface area contributed by atoms with Crippen LogP contribution in [0.25, 0.3) is 10.9 Å². The Bertz CT molecular complexity index is 1210. The van der Waals surface area contributed by atoms with E-state index < -0.39 is 12.1 Å². The third-order valence-electron chi connectivity index (χ3n) is 4.67. The second-order valence-corrected chi connectivity index (χ2v) is 6.97. The number of fused-ring (bicyclic) bond motifs is 1. The maximum atomic E-state index is 12.7. The van der Waals surface area contributed by atoms with Crippen LogP contribution in [-0.2, 0) is 4.79 Å². The van der Waals surface area contributed by atoms with E-state index in [4.69, 9.17) is 10.5 Å². The first-order chi connectivity index (χ1) is 15.1. The lowest BCUT2D eigenvalue weighted by Gasteiger charge is -2.19. The fraction of sp³-hybridized carbons (Fsp3) is 0.0870. The van der Waals surface area contributed by atoms with Crippen LogP contribution in [0.15, 0.2) is 79.0 Å². The van der Waals surface area contributed by atoms with Gasteiger partial charge in [-0.15, -0.1) is 0 Å². The maximum Gasteiger partial charge on any atom is 0.312 e. The SMILES string of the molecule is NC(=O)N[C@H](CC(=O)Nc1ccc2cn[nH]c2c1)c1cccc(Oc2ccccc2)c1. The van der Waals surface area contributed by atoms with Crippen molar-refractivity contribution in [3.05, 3.63) is 84.6 Å². The molecule has 0 saturated heterocycles. The summed E-state index contributed by atoms with van der Waals surface area (Å²) in [6.45, 7) is 0. The van der Waals surface area contributed by atoms with Gasteiger partial charge in [0.15, 0.2) is 0 Å². The molecule has 4 rings (SSSR count). The number of aromatic amines is 1. The van der Waals surface area contributed by atoms with Gasteiger partial charge in [-0.2, -0.15) is 5.10 Å². The molecule has 0 spiro atoms. The van der Waals surface area contributed by atoms with Crippen molar-refractivity contribution in [1.82, 2.24) is 15.5 Å². The number of nitrogens with one attached hydrogen (secondary N) is 3. The third-order valence-corrected chi connectivity index (χ3v) is 4.67. The largest absolute Gasteiger partial charge is 0.457 e. The number of urea groups is 1. The normalized spacial score (nSPS) is 11.6. The fourth-order valence-electron chi connectivity index (χ4n) is 3.26. The molecule has 0 unspecified atom stereocenters. The van der Waals surface area contributed by atoms with E-state index >= 15 is 0 Å². The molecule has 3 aromatic carbocycles. The Kier molecular flexibility index (Phi) is 5.79. The van der Waals surface area contributed by atoms with Crippen LogP contribution in [0.4, 0.5) is 10.5 Å². The number of H-pyrrole nitrogens is 1. The van der Waals surface area contributed by atoms with Crippen LogP contribution < -0.4 is 21.1 Å². The topological polar surface area (TPSA) is 122 Å². The molecule has 0 aliphatic heterocycles. The first-order valence-electron chi connectivity index (χ1n) is 9.68. The molecule has 0 aliphatic rings. The number of nitrogens with zero attached hydrogens (tertiary/aromatic N) is 1. The summed E-state index contributed by atoms with van der Waals surface area (Å²) in [5, 5.41) is 13.3. The summed E-state index contributed by atoms with van der Waals surface area (Å²) in [5.74, 6) is 1.00. The van der Waals surface area contributed by atoms with Crippen molar-refractivity contribution in [2.75, 3.05) is 5.32 Å². The lowest BCUT2D eigenvalue weighted by atomic mass is 10.0. The Morgan fingerprint density at radius 2 is 1.81 bits per heavy atom. The van der Waals surface area contributed by atoms with E-state index in [0.717, 1.165) is 10.9 Å².